The third-order valence-corrected chi connectivity index (χ3v) is 4.94. The van der Waals surface area contributed by atoms with Crippen LogP contribution in [0.2, 0.25) is 0 Å². The van der Waals surface area contributed by atoms with Crippen LogP contribution in [0.1, 0.15) is 44.9 Å². The summed E-state index contributed by atoms with van der Waals surface area (Å²) < 4.78 is 7.53. The third kappa shape index (κ3) is 8.50. The summed E-state index contributed by atoms with van der Waals surface area (Å²) in [7, 11) is 0. The van der Waals surface area contributed by atoms with Crippen LogP contribution in [0.25, 0.3) is 0 Å². The molecule has 2 atom stereocenters. The van der Waals surface area contributed by atoms with E-state index in [0.29, 0.717) is 24.6 Å². The molecule has 0 saturated carbocycles. The molecular formula is C23H33N5O4. The molecule has 0 spiro atoms. The molecule has 2 rings (SSSR count). The fraction of sp³-hybridized carbons (Fsp3) is 0.478. The Bertz CT molecular complexity index is 882. The van der Waals surface area contributed by atoms with Crippen molar-refractivity contribution in [2.24, 2.45) is 11.7 Å². The van der Waals surface area contributed by atoms with Crippen molar-refractivity contribution in [2.45, 2.75) is 65.5 Å². The average Bonchev–Trinajstić information content (AvgIpc) is 3.17. The van der Waals surface area contributed by atoms with Crippen molar-refractivity contribution in [1.82, 2.24) is 20.2 Å². The number of carbonyl (C=O) groups is 3. The number of rotatable bonds is 13. The van der Waals surface area contributed by atoms with Crippen LogP contribution in [0.3, 0.4) is 0 Å². The predicted molar refractivity (Wildman–Crippen MR) is 120 cm³/mol. The Balaban J connectivity index is 2.02. The minimum Gasteiger partial charge on any atom is -0.368 e. The highest BCUT2D eigenvalue weighted by Gasteiger charge is 2.26. The Kier molecular flexibility index (Phi) is 9.87. The maximum absolute atomic E-state index is 12.9. The monoisotopic (exact) mass is 443 g/mol. The molecule has 1 aromatic carbocycles. The second kappa shape index (κ2) is 12.6. The first-order valence-electron chi connectivity index (χ1n) is 10.7. The van der Waals surface area contributed by atoms with Gasteiger partial charge in [-0.3, -0.25) is 14.4 Å². The summed E-state index contributed by atoms with van der Waals surface area (Å²) in [5.74, 6) is -1.05. The van der Waals surface area contributed by atoms with Gasteiger partial charge < -0.3 is 25.7 Å². The number of primary amides is 1. The normalized spacial score (nSPS) is 12.9. The summed E-state index contributed by atoms with van der Waals surface area (Å²) in [5, 5.41) is 5.34. The Morgan fingerprint density at radius 3 is 2.44 bits per heavy atom. The van der Waals surface area contributed by atoms with Gasteiger partial charge in [0.25, 0.3) is 0 Å². The third-order valence-electron chi connectivity index (χ3n) is 4.94. The molecule has 3 amide bonds. The van der Waals surface area contributed by atoms with Gasteiger partial charge in [0.1, 0.15) is 18.8 Å². The molecule has 0 aliphatic rings. The minimum absolute atomic E-state index is 0.190. The van der Waals surface area contributed by atoms with Gasteiger partial charge in [-0.15, -0.1) is 0 Å². The van der Waals surface area contributed by atoms with Crippen LogP contribution in [0.5, 0.6) is 0 Å². The summed E-state index contributed by atoms with van der Waals surface area (Å²) in [6.45, 7) is 6.08. The van der Waals surface area contributed by atoms with E-state index in [1.165, 1.54) is 6.92 Å². The van der Waals surface area contributed by atoms with E-state index < -0.39 is 23.9 Å². The number of hydrogen-bond donors (Lipinski definition) is 3. The van der Waals surface area contributed by atoms with E-state index >= 15 is 0 Å². The molecule has 0 aliphatic heterocycles. The number of hydrogen-bond acceptors (Lipinski definition) is 5. The molecule has 9 nitrogen and oxygen atoms in total. The number of benzene rings is 1. The number of nitrogens with one attached hydrogen (secondary N) is 2. The fourth-order valence-corrected chi connectivity index (χ4v) is 3.19. The molecule has 0 saturated heterocycles. The van der Waals surface area contributed by atoms with Gasteiger partial charge >= 0.3 is 0 Å². The highest BCUT2D eigenvalue weighted by Crippen LogP contribution is 2.10. The van der Waals surface area contributed by atoms with E-state index in [-0.39, 0.29) is 19.1 Å². The zero-order valence-corrected chi connectivity index (χ0v) is 18.9. The molecule has 4 N–H and O–H groups in total. The first-order chi connectivity index (χ1) is 15.3. The molecule has 1 aromatic heterocycles. The summed E-state index contributed by atoms with van der Waals surface area (Å²) in [5.41, 5.74) is 7.22. The lowest BCUT2D eigenvalue weighted by Gasteiger charge is -2.22. The minimum atomic E-state index is -0.877. The van der Waals surface area contributed by atoms with Gasteiger partial charge in [0, 0.05) is 25.2 Å². The van der Waals surface area contributed by atoms with E-state index in [9.17, 15) is 14.4 Å². The molecule has 9 heteroatoms. The number of amides is 3. The Hall–Kier alpha value is -3.20. The summed E-state index contributed by atoms with van der Waals surface area (Å²) in [6, 6.07) is 8.10. The molecule has 1 heterocycles. The number of nitrogens with zero attached hydrogens (tertiary/aromatic N) is 2. The first-order valence-corrected chi connectivity index (χ1v) is 10.7. The number of carbonyl (C=O) groups excluding carboxylic acids is 3. The van der Waals surface area contributed by atoms with Gasteiger partial charge in [-0.25, -0.2) is 4.98 Å². The van der Waals surface area contributed by atoms with Crippen LogP contribution < -0.4 is 16.4 Å². The van der Waals surface area contributed by atoms with E-state index in [1.807, 2.05) is 44.2 Å². The summed E-state index contributed by atoms with van der Waals surface area (Å²) in [4.78, 5) is 40.5. The Morgan fingerprint density at radius 2 is 1.81 bits per heavy atom. The van der Waals surface area contributed by atoms with Gasteiger partial charge in [0.05, 0.1) is 12.9 Å². The van der Waals surface area contributed by atoms with Gasteiger partial charge in [0.2, 0.25) is 17.7 Å². The Morgan fingerprint density at radius 1 is 1.09 bits per heavy atom. The predicted octanol–water partition coefficient (Wildman–Crippen LogP) is 1.51. The van der Waals surface area contributed by atoms with Crippen molar-refractivity contribution in [3.05, 3.63) is 54.1 Å². The van der Waals surface area contributed by atoms with Crippen molar-refractivity contribution < 1.29 is 19.1 Å². The highest BCUT2D eigenvalue weighted by atomic mass is 16.5. The maximum atomic E-state index is 12.9. The second-order valence-electron chi connectivity index (χ2n) is 8.21. The largest absolute Gasteiger partial charge is 0.368 e. The number of ether oxygens (including phenoxy) is 1. The number of nitrogens with two attached hydrogens (primary N) is 1. The standard InChI is InChI=1S/C23H33N5O4/c1-16(2)9-10-20(22(24)30)27-23(31)21(26-17(3)29)11-19-12-25-14-28(19)15-32-13-18-7-5-4-6-8-18/h4-8,12,14,16,20-21H,9-11,13,15H2,1-3H3,(H2,24,30)(H,26,29)(H,27,31)/t20-,21-/m0/s1. The molecule has 32 heavy (non-hydrogen) atoms. The fourth-order valence-electron chi connectivity index (χ4n) is 3.19. The molecule has 174 valence electrons. The summed E-state index contributed by atoms with van der Waals surface area (Å²) in [6.07, 6.45) is 4.60. The Labute approximate surface area is 188 Å². The molecule has 2 aromatic rings. The van der Waals surface area contributed by atoms with E-state index in [2.05, 4.69) is 15.6 Å². The van der Waals surface area contributed by atoms with E-state index in [1.54, 1.807) is 17.1 Å². The number of aromatic nitrogens is 2. The van der Waals surface area contributed by atoms with Crippen LogP contribution in [-0.2, 0) is 38.9 Å². The lowest BCUT2D eigenvalue weighted by molar-refractivity contribution is -0.131. The van der Waals surface area contributed by atoms with Crippen LogP contribution in [0, 0.1) is 5.92 Å². The summed E-state index contributed by atoms with van der Waals surface area (Å²) >= 11 is 0. The van der Waals surface area contributed by atoms with Crippen LogP contribution in [0.4, 0.5) is 0 Å². The lowest BCUT2D eigenvalue weighted by Crippen LogP contribution is -2.53. The van der Waals surface area contributed by atoms with Crippen LogP contribution in [-0.4, -0.2) is 39.4 Å². The van der Waals surface area contributed by atoms with Gasteiger partial charge in [-0.1, -0.05) is 44.2 Å². The zero-order chi connectivity index (χ0) is 23.5. The molecule has 0 bridgehead atoms. The van der Waals surface area contributed by atoms with E-state index in [4.69, 9.17) is 10.5 Å². The van der Waals surface area contributed by atoms with Crippen molar-refractivity contribution in [2.75, 3.05) is 0 Å². The van der Waals surface area contributed by atoms with Crippen LogP contribution in [0.15, 0.2) is 42.9 Å². The smallest absolute Gasteiger partial charge is 0.243 e. The molecule has 0 aliphatic carbocycles. The molecular weight excluding hydrogens is 410 g/mol. The maximum Gasteiger partial charge on any atom is 0.243 e. The lowest BCUT2D eigenvalue weighted by atomic mass is 10.0. The van der Waals surface area contributed by atoms with Crippen molar-refractivity contribution >= 4 is 17.7 Å². The SMILES string of the molecule is CC(=O)N[C@@H](Cc1cncn1COCc1ccccc1)C(=O)N[C@@H](CCC(C)C)C(N)=O. The quantitative estimate of drug-likeness (QED) is 0.432. The second-order valence-corrected chi connectivity index (χ2v) is 8.21. The van der Waals surface area contributed by atoms with Gasteiger partial charge in [0.15, 0.2) is 0 Å². The van der Waals surface area contributed by atoms with Crippen LogP contribution >= 0.6 is 0 Å². The highest BCUT2D eigenvalue weighted by molar-refractivity contribution is 5.91. The van der Waals surface area contributed by atoms with Gasteiger partial charge in [-0.05, 0) is 24.3 Å². The first kappa shape index (κ1) is 25.1. The van der Waals surface area contributed by atoms with E-state index in [0.717, 1.165) is 12.0 Å². The molecule has 0 unspecified atom stereocenters. The average molecular weight is 444 g/mol. The molecule has 0 fully saturated rings. The molecule has 0 radical (unpaired) electrons. The van der Waals surface area contributed by atoms with Crippen molar-refractivity contribution in [1.29, 1.82) is 0 Å². The topological polar surface area (TPSA) is 128 Å². The zero-order valence-electron chi connectivity index (χ0n) is 18.9. The van der Waals surface area contributed by atoms with Crippen molar-refractivity contribution in [3.8, 4) is 0 Å². The van der Waals surface area contributed by atoms with Gasteiger partial charge in [-0.2, -0.15) is 0 Å². The number of imidazole rings is 1. The van der Waals surface area contributed by atoms with Crippen molar-refractivity contribution in [3.63, 3.8) is 0 Å².